The summed E-state index contributed by atoms with van der Waals surface area (Å²) in [5.74, 6) is -1.90. The molecular formula is C24H27N3O7. The molecule has 3 rings (SSSR count). The topological polar surface area (TPSA) is 154 Å². The molecule has 0 saturated carbocycles. The Kier molecular flexibility index (Phi) is 8.58. The van der Waals surface area contributed by atoms with Gasteiger partial charge in [0.1, 0.15) is 6.10 Å². The third kappa shape index (κ3) is 6.53. The van der Waals surface area contributed by atoms with Crippen molar-refractivity contribution in [1.82, 2.24) is 10.6 Å². The maximum absolute atomic E-state index is 12.5. The molecule has 34 heavy (non-hydrogen) atoms. The van der Waals surface area contributed by atoms with Crippen LogP contribution in [0.3, 0.4) is 0 Å². The number of amides is 3. The van der Waals surface area contributed by atoms with Crippen molar-refractivity contribution in [2.75, 3.05) is 6.54 Å². The van der Waals surface area contributed by atoms with Gasteiger partial charge in [-0.05, 0) is 23.3 Å². The SMILES string of the molecule is CC(=O)NC1C(O)CC(C(=O)N=O)OC1CC(O)CNC(=O)c1ccc(-c2ccccc2)cc1. The second kappa shape index (κ2) is 11.6. The number of ether oxygens (including phenoxy) is 1. The molecular weight excluding hydrogens is 442 g/mol. The Morgan fingerprint density at radius 2 is 1.74 bits per heavy atom. The molecule has 4 N–H and O–H groups in total. The number of hydrogen-bond donors (Lipinski definition) is 4. The van der Waals surface area contributed by atoms with E-state index in [4.69, 9.17) is 4.74 Å². The number of carbonyl (C=O) groups excluding carboxylic acids is 3. The Morgan fingerprint density at radius 3 is 2.35 bits per heavy atom. The first-order chi connectivity index (χ1) is 16.3. The lowest BCUT2D eigenvalue weighted by molar-refractivity contribution is -0.158. The fourth-order valence-corrected chi connectivity index (χ4v) is 3.92. The first kappa shape index (κ1) is 25.2. The molecule has 2 aromatic rings. The average Bonchev–Trinajstić information content (AvgIpc) is 2.84. The fraction of sp³-hybridized carbons (Fsp3) is 0.375. The van der Waals surface area contributed by atoms with Crippen LogP contribution in [0.1, 0.15) is 30.1 Å². The third-order valence-electron chi connectivity index (χ3n) is 5.60. The molecule has 1 saturated heterocycles. The number of aliphatic hydroxyl groups is 2. The summed E-state index contributed by atoms with van der Waals surface area (Å²) < 4.78 is 5.55. The number of nitrogens with one attached hydrogen (secondary N) is 2. The largest absolute Gasteiger partial charge is 0.391 e. The predicted molar refractivity (Wildman–Crippen MR) is 123 cm³/mol. The summed E-state index contributed by atoms with van der Waals surface area (Å²) in [7, 11) is 0. The van der Waals surface area contributed by atoms with E-state index in [2.05, 4.69) is 15.8 Å². The van der Waals surface area contributed by atoms with Gasteiger partial charge in [0.05, 0.1) is 24.4 Å². The van der Waals surface area contributed by atoms with Crippen molar-refractivity contribution in [3.05, 3.63) is 65.1 Å². The molecule has 10 heteroatoms. The van der Waals surface area contributed by atoms with Crippen molar-refractivity contribution in [1.29, 1.82) is 0 Å². The van der Waals surface area contributed by atoms with E-state index in [9.17, 15) is 29.5 Å². The van der Waals surface area contributed by atoms with E-state index < -0.39 is 42.3 Å². The third-order valence-corrected chi connectivity index (χ3v) is 5.60. The van der Waals surface area contributed by atoms with Gasteiger partial charge in [-0.2, -0.15) is 0 Å². The van der Waals surface area contributed by atoms with Crippen LogP contribution >= 0.6 is 0 Å². The van der Waals surface area contributed by atoms with Crippen LogP contribution in [-0.4, -0.2) is 64.9 Å². The van der Waals surface area contributed by atoms with Crippen molar-refractivity contribution < 1.29 is 29.3 Å². The highest BCUT2D eigenvalue weighted by Gasteiger charge is 2.42. The summed E-state index contributed by atoms with van der Waals surface area (Å²) in [4.78, 5) is 46.2. The van der Waals surface area contributed by atoms with Crippen LogP contribution < -0.4 is 10.6 Å². The van der Waals surface area contributed by atoms with Gasteiger partial charge in [0.15, 0.2) is 0 Å². The molecule has 1 aliphatic heterocycles. The van der Waals surface area contributed by atoms with Crippen LogP contribution in [-0.2, 0) is 14.3 Å². The van der Waals surface area contributed by atoms with E-state index in [-0.39, 0.29) is 25.3 Å². The Labute approximate surface area is 196 Å². The number of carbonyl (C=O) groups is 3. The highest BCUT2D eigenvalue weighted by molar-refractivity contribution is 5.94. The Balaban J connectivity index is 1.58. The van der Waals surface area contributed by atoms with Crippen LogP contribution in [0.5, 0.6) is 0 Å². The maximum Gasteiger partial charge on any atom is 0.314 e. The molecule has 0 spiro atoms. The van der Waals surface area contributed by atoms with Crippen molar-refractivity contribution >= 4 is 17.7 Å². The molecule has 10 nitrogen and oxygen atoms in total. The molecule has 0 radical (unpaired) electrons. The molecule has 3 amide bonds. The monoisotopic (exact) mass is 469 g/mol. The van der Waals surface area contributed by atoms with Crippen molar-refractivity contribution in [3.63, 3.8) is 0 Å². The van der Waals surface area contributed by atoms with Gasteiger partial charge in [0, 0.05) is 37.1 Å². The van der Waals surface area contributed by atoms with Crippen LogP contribution in [0.4, 0.5) is 0 Å². The lowest BCUT2D eigenvalue weighted by Crippen LogP contribution is -2.58. The number of benzene rings is 2. The zero-order valence-corrected chi connectivity index (χ0v) is 18.6. The van der Waals surface area contributed by atoms with Crippen molar-refractivity contribution in [2.45, 2.75) is 50.2 Å². The van der Waals surface area contributed by atoms with E-state index in [1.165, 1.54) is 6.92 Å². The molecule has 1 heterocycles. The second-order valence-corrected chi connectivity index (χ2v) is 8.16. The molecule has 0 bridgehead atoms. The minimum Gasteiger partial charge on any atom is -0.391 e. The summed E-state index contributed by atoms with van der Waals surface area (Å²) in [5.41, 5.74) is 2.40. The van der Waals surface area contributed by atoms with Gasteiger partial charge in [-0.3, -0.25) is 14.4 Å². The smallest absolute Gasteiger partial charge is 0.314 e. The van der Waals surface area contributed by atoms with E-state index in [0.29, 0.717) is 5.56 Å². The van der Waals surface area contributed by atoms with Gasteiger partial charge < -0.3 is 25.6 Å². The summed E-state index contributed by atoms with van der Waals surface area (Å²) in [6.07, 6.45) is -4.86. The zero-order chi connectivity index (χ0) is 24.7. The second-order valence-electron chi connectivity index (χ2n) is 8.16. The first-order valence-corrected chi connectivity index (χ1v) is 10.9. The van der Waals surface area contributed by atoms with Crippen LogP contribution in [0.15, 0.2) is 59.8 Å². The molecule has 1 aliphatic rings. The van der Waals surface area contributed by atoms with Crippen LogP contribution in [0, 0.1) is 4.91 Å². The summed E-state index contributed by atoms with van der Waals surface area (Å²) in [5, 5.41) is 28.3. The normalized spacial score (nSPS) is 22.9. The number of nitrogens with zero attached hydrogens (tertiary/aromatic N) is 1. The Bertz CT molecular complexity index is 1010. The standard InChI is InChI=1S/C24H27N3O7/c1-14(28)26-22-19(30)12-21(24(32)27-33)34-20(22)11-18(29)13-25-23(31)17-9-7-16(8-10-17)15-5-3-2-4-6-15/h2-10,18-22,29-30H,11-13H2,1H3,(H,25,31)(H,26,28). The number of hydrogen-bond acceptors (Lipinski definition) is 7. The molecule has 180 valence electrons. The number of aliphatic hydroxyl groups excluding tert-OH is 2. The van der Waals surface area contributed by atoms with Gasteiger partial charge >= 0.3 is 5.91 Å². The minimum atomic E-state index is -1.27. The van der Waals surface area contributed by atoms with Gasteiger partial charge in [0.2, 0.25) is 5.91 Å². The van der Waals surface area contributed by atoms with Crippen molar-refractivity contribution in [3.8, 4) is 11.1 Å². The highest BCUT2D eigenvalue weighted by Crippen LogP contribution is 2.25. The van der Waals surface area contributed by atoms with E-state index in [0.717, 1.165) is 11.1 Å². The van der Waals surface area contributed by atoms with E-state index >= 15 is 0 Å². The number of rotatable bonds is 8. The van der Waals surface area contributed by atoms with Crippen molar-refractivity contribution in [2.24, 2.45) is 5.18 Å². The maximum atomic E-state index is 12.5. The zero-order valence-electron chi connectivity index (χ0n) is 18.6. The van der Waals surface area contributed by atoms with E-state index in [1.807, 2.05) is 42.5 Å². The Hall–Kier alpha value is -3.47. The molecule has 0 aromatic heterocycles. The van der Waals surface area contributed by atoms with Crippen LogP contribution in [0.25, 0.3) is 11.1 Å². The Morgan fingerprint density at radius 1 is 1.09 bits per heavy atom. The lowest BCUT2D eigenvalue weighted by atomic mass is 9.91. The minimum absolute atomic E-state index is 0.113. The quantitative estimate of drug-likeness (QED) is 0.423. The van der Waals surface area contributed by atoms with Gasteiger partial charge in [-0.25, -0.2) is 0 Å². The highest BCUT2D eigenvalue weighted by atomic mass is 16.5. The predicted octanol–water partition coefficient (Wildman–Crippen LogP) is 1.15. The summed E-state index contributed by atoms with van der Waals surface area (Å²) in [6, 6.07) is 15.8. The average molecular weight is 469 g/mol. The van der Waals surface area contributed by atoms with Crippen LogP contribution in [0.2, 0.25) is 0 Å². The van der Waals surface area contributed by atoms with Gasteiger partial charge in [-0.1, -0.05) is 42.5 Å². The summed E-state index contributed by atoms with van der Waals surface area (Å²) >= 11 is 0. The molecule has 5 atom stereocenters. The lowest BCUT2D eigenvalue weighted by Gasteiger charge is -2.39. The molecule has 5 unspecified atom stereocenters. The summed E-state index contributed by atoms with van der Waals surface area (Å²) in [6.45, 7) is 1.13. The first-order valence-electron chi connectivity index (χ1n) is 10.9. The molecule has 2 aromatic carbocycles. The molecule has 1 fully saturated rings. The van der Waals surface area contributed by atoms with Gasteiger partial charge in [-0.15, -0.1) is 4.91 Å². The number of nitroso groups, excluding NO2 is 1. The molecule has 0 aliphatic carbocycles. The fourth-order valence-electron chi connectivity index (χ4n) is 3.92. The van der Waals surface area contributed by atoms with Gasteiger partial charge in [0.25, 0.3) is 5.91 Å². The van der Waals surface area contributed by atoms with E-state index in [1.54, 1.807) is 12.1 Å².